The lowest BCUT2D eigenvalue weighted by atomic mass is 9.96. The van der Waals surface area contributed by atoms with Gasteiger partial charge in [-0.25, -0.2) is 9.18 Å². The standard InChI is InChI=1S/C16H21FN2.C8H6N2O2/c1-11-8-13-12-6-4-5-7-14(12)18-15(13)9-19(11)10-16(2,3)17;11-8(12)5-1-2-6-4-9-10-7(6)3-5/h4-7,11,18H,8-10H2,1-3H3;1-4H,(H,9,10)(H,11,12). The maximum absolute atomic E-state index is 13.9. The van der Waals surface area contributed by atoms with E-state index in [1.54, 1.807) is 38.2 Å². The molecule has 3 heterocycles. The molecule has 0 spiro atoms. The topological polar surface area (TPSA) is 85.0 Å². The number of nitrogens with one attached hydrogen (secondary N) is 2. The van der Waals surface area contributed by atoms with Crippen molar-refractivity contribution in [3.63, 3.8) is 0 Å². The number of carboxylic acids is 1. The van der Waals surface area contributed by atoms with Gasteiger partial charge in [-0.1, -0.05) is 24.3 Å². The van der Waals surface area contributed by atoms with Crippen LogP contribution in [0.25, 0.3) is 21.8 Å². The monoisotopic (exact) mass is 422 g/mol. The number of alkyl halides is 1. The lowest BCUT2D eigenvalue weighted by Crippen LogP contribution is -2.44. The Bertz CT molecular complexity index is 1220. The Morgan fingerprint density at radius 3 is 2.77 bits per heavy atom. The van der Waals surface area contributed by atoms with Gasteiger partial charge in [0, 0.05) is 41.1 Å². The van der Waals surface area contributed by atoms with E-state index in [4.69, 9.17) is 5.11 Å². The zero-order chi connectivity index (χ0) is 22.2. The first-order chi connectivity index (χ1) is 14.7. The number of aromatic nitrogens is 3. The fourth-order valence-electron chi connectivity index (χ4n) is 4.17. The molecule has 2 aromatic carbocycles. The quantitative estimate of drug-likeness (QED) is 0.437. The highest BCUT2D eigenvalue weighted by atomic mass is 19.1. The minimum Gasteiger partial charge on any atom is -0.478 e. The molecule has 4 aromatic rings. The maximum atomic E-state index is 13.9. The van der Waals surface area contributed by atoms with Crippen molar-refractivity contribution in [1.29, 1.82) is 0 Å². The summed E-state index contributed by atoms with van der Waals surface area (Å²) in [6.07, 6.45) is 2.65. The van der Waals surface area contributed by atoms with Crippen molar-refractivity contribution in [2.45, 2.75) is 45.4 Å². The van der Waals surface area contributed by atoms with Crippen LogP contribution in [0.5, 0.6) is 0 Å². The van der Waals surface area contributed by atoms with Crippen LogP contribution in [0, 0.1) is 0 Å². The van der Waals surface area contributed by atoms with Gasteiger partial charge in [-0.05, 0) is 51.0 Å². The SMILES string of the molecule is CC1Cc2c([nH]c3ccccc23)CN1CC(C)(C)F.O=C(O)c1ccc2cn[nH]c2c1. The summed E-state index contributed by atoms with van der Waals surface area (Å²) in [4.78, 5) is 16.3. The molecule has 162 valence electrons. The van der Waals surface area contributed by atoms with Gasteiger partial charge in [-0.3, -0.25) is 10.00 Å². The molecule has 1 aliphatic heterocycles. The van der Waals surface area contributed by atoms with Crippen molar-refractivity contribution in [3.8, 4) is 0 Å². The Balaban J connectivity index is 0.000000166. The first-order valence-corrected chi connectivity index (χ1v) is 10.4. The lowest BCUT2D eigenvalue weighted by molar-refractivity contribution is 0.0697. The molecular formula is C24H27FN4O2. The number of aromatic carboxylic acids is 1. The maximum Gasteiger partial charge on any atom is 0.335 e. The third-order valence-corrected chi connectivity index (χ3v) is 5.65. The molecule has 0 saturated heterocycles. The predicted octanol–water partition coefficient (Wildman–Crippen LogP) is 4.92. The molecule has 0 saturated carbocycles. The Kier molecular flexibility index (Phi) is 5.54. The minimum atomic E-state index is -1.14. The molecule has 7 heteroatoms. The number of carboxylic acid groups (broad SMARTS) is 1. The zero-order valence-electron chi connectivity index (χ0n) is 17.9. The highest BCUT2D eigenvalue weighted by molar-refractivity contribution is 5.92. The van der Waals surface area contributed by atoms with Crippen LogP contribution in [0.1, 0.15) is 42.4 Å². The van der Waals surface area contributed by atoms with Crippen molar-refractivity contribution < 1.29 is 14.3 Å². The summed E-state index contributed by atoms with van der Waals surface area (Å²) in [7, 11) is 0. The van der Waals surface area contributed by atoms with Crippen molar-refractivity contribution in [2.75, 3.05) is 6.54 Å². The second kappa shape index (κ2) is 8.15. The molecule has 0 amide bonds. The van der Waals surface area contributed by atoms with Gasteiger partial charge >= 0.3 is 5.97 Å². The van der Waals surface area contributed by atoms with Crippen molar-refractivity contribution in [1.82, 2.24) is 20.1 Å². The van der Waals surface area contributed by atoms with E-state index in [-0.39, 0.29) is 5.56 Å². The second-order valence-electron chi connectivity index (χ2n) is 8.78. The smallest absolute Gasteiger partial charge is 0.335 e. The summed E-state index contributed by atoms with van der Waals surface area (Å²) < 4.78 is 13.9. The summed E-state index contributed by atoms with van der Waals surface area (Å²) in [5.41, 5.74) is 3.74. The summed E-state index contributed by atoms with van der Waals surface area (Å²) in [6, 6.07) is 13.6. The molecule has 1 aliphatic rings. The van der Waals surface area contributed by atoms with E-state index >= 15 is 0 Å². The van der Waals surface area contributed by atoms with E-state index in [0.29, 0.717) is 12.6 Å². The van der Waals surface area contributed by atoms with Gasteiger partial charge < -0.3 is 10.1 Å². The minimum absolute atomic E-state index is 0.270. The van der Waals surface area contributed by atoms with Crippen LogP contribution in [0.2, 0.25) is 0 Å². The van der Waals surface area contributed by atoms with E-state index in [0.717, 1.165) is 23.9 Å². The fraction of sp³-hybridized carbons (Fsp3) is 0.333. The number of aromatic amines is 2. The molecule has 3 N–H and O–H groups in total. The molecule has 0 fully saturated rings. The van der Waals surface area contributed by atoms with E-state index < -0.39 is 11.6 Å². The molecule has 1 atom stereocenters. The average molecular weight is 423 g/mol. The summed E-state index contributed by atoms with van der Waals surface area (Å²) in [6.45, 7) is 6.80. The van der Waals surface area contributed by atoms with E-state index in [1.807, 2.05) is 0 Å². The highest BCUT2D eigenvalue weighted by Crippen LogP contribution is 2.31. The number of halogens is 1. The van der Waals surface area contributed by atoms with Gasteiger partial charge in [0.15, 0.2) is 0 Å². The van der Waals surface area contributed by atoms with Crippen molar-refractivity contribution in [2.24, 2.45) is 0 Å². The van der Waals surface area contributed by atoms with Crippen LogP contribution in [0.4, 0.5) is 4.39 Å². The molecule has 2 aromatic heterocycles. The van der Waals surface area contributed by atoms with Crippen LogP contribution >= 0.6 is 0 Å². The zero-order valence-corrected chi connectivity index (χ0v) is 17.9. The van der Waals surface area contributed by atoms with E-state index in [1.165, 1.54) is 22.2 Å². The lowest BCUT2D eigenvalue weighted by Gasteiger charge is -2.36. The largest absolute Gasteiger partial charge is 0.478 e. The van der Waals surface area contributed by atoms with Crippen LogP contribution < -0.4 is 0 Å². The highest BCUT2D eigenvalue weighted by Gasteiger charge is 2.30. The molecule has 1 unspecified atom stereocenters. The van der Waals surface area contributed by atoms with Gasteiger partial charge in [0.1, 0.15) is 5.67 Å². The van der Waals surface area contributed by atoms with Crippen molar-refractivity contribution in [3.05, 3.63) is 65.5 Å². The Labute approximate surface area is 180 Å². The normalized spacial score (nSPS) is 16.7. The van der Waals surface area contributed by atoms with Crippen molar-refractivity contribution >= 4 is 27.8 Å². The Morgan fingerprint density at radius 2 is 2.03 bits per heavy atom. The third kappa shape index (κ3) is 4.61. The summed E-state index contributed by atoms with van der Waals surface area (Å²) in [5, 5.41) is 17.4. The first kappa shape index (κ1) is 21.1. The molecule has 0 bridgehead atoms. The molecule has 6 nitrogen and oxygen atoms in total. The fourth-order valence-corrected chi connectivity index (χ4v) is 4.17. The number of nitrogens with zero attached hydrogens (tertiary/aromatic N) is 2. The molecular weight excluding hydrogens is 395 g/mol. The summed E-state index contributed by atoms with van der Waals surface area (Å²) in [5.74, 6) is -0.925. The number of rotatable bonds is 3. The number of hydrogen-bond donors (Lipinski definition) is 3. The van der Waals surface area contributed by atoms with Gasteiger partial charge in [-0.15, -0.1) is 0 Å². The number of H-pyrrole nitrogens is 2. The van der Waals surface area contributed by atoms with E-state index in [2.05, 4.69) is 51.3 Å². The third-order valence-electron chi connectivity index (χ3n) is 5.65. The number of carbonyl (C=O) groups is 1. The average Bonchev–Trinajstić information content (AvgIpc) is 3.31. The number of hydrogen-bond acceptors (Lipinski definition) is 3. The second-order valence-corrected chi connectivity index (χ2v) is 8.78. The van der Waals surface area contributed by atoms with Crippen LogP contribution in [0.15, 0.2) is 48.7 Å². The molecule has 5 rings (SSSR count). The molecule has 0 aliphatic carbocycles. The first-order valence-electron chi connectivity index (χ1n) is 10.4. The van der Waals surface area contributed by atoms with Gasteiger partial charge in [-0.2, -0.15) is 5.10 Å². The van der Waals surface area contributed by atoms with Gasteiger partial charge in [0.05, 0.1) is 17.3 Å². The van der Waals surface area contributed by atoms with Gasteiger partial charge in [0.25, 0.3) is 0 Å². The summed E-state index contributed by atoms with van der Waals surface area (Å²) >= 11 is 0. The molecule has 0 radical (unpaired) electrons. The van der Waals surface area contributed by atoms with Crippen LogP contribution in [-0.4, -0.2) is 49.4 Å². The Hall–Kier alpha value is -3.19. The molecule has 31 heavy (non-hydrogen) atoms. The Morgan fingerprint density at radius 1 is 1.26 bits per heavy atom. The number of benzene rings is 2. The number of para-hydroxylation sites is 1. The van der Waals surface area contributed by atoms with Crippen LogP contribution in [-0.2, 0) is 13.0 Å². The van der Waals surface area contributed by atoms with Crippen LogP contribution in [0.3, 0.4) is 0 Å². The number of fused-ring (bicyclic) bond motifs is 4. The predicted molar refractivity (Wildman–Crippen MR) is 120 cm³/mol. The van der Waals surface area contributed by atoms with Gasteiger partial charge in [0.2, 0.25) is 0 Å². The van der Waals surface area contributed by atoms with E-state index in [9.17, 15) is 9.18 Å².